The van der Waals surface area contributed by atoms with E-state index >= 15 is 0 Å². The molecule has 0 saturated heterocycles. The molecule has 0 aliphatic carbocycles. The number of carbonyl (C=O) groups is 1. The summed E-state index contributed by atoms with van der Waals surface area (Å²) in [7, 11) is 2.72. The summed E-state index contributed by atoms with van der Waals surface area (Å²) in [6.45, 7) is 5.00. The molecule has 1 N–H and O–H groups in total. The van der Waals surface area contributed by atoms with Gasteiger partial charge in [-0.1, -0.05) is 0 Å². The van der Waals surface area contributed by atoms with Crippen LogP contribution in [0.3, 0.4) is 0 Å². The lowest BCUT2D eigenvalue weighted by Gasteiger charge is -2.20. The van der Waals surface area contributed by atoms with E-state index in [0.29, 0.717) is 5.69 Å². The summed E-state index contributed by atoms with van der Waals surface area (Å²) in [6, 6.07) is 3.91. The minimum absolute atomic E-state index is 0.0367. The summed E-state index contributed by atoms with van der Waals surface area (Å²) in [5.41, 5.74) is -0.358. The molecule has 1 aromatic rings. The second kappa shape index (κ2) is 7.17. The van der Waals surface area contributed by atoms with Crippen LogP contribution in [0.5, 0.6) is 5.75 Å². The number of anilines is 1. The lowest BCUT2D eigenvalue weighted by Crippen LogP contribution is -2.27. The summed E-state index contributed by atoms with van der Waals surface area (Å²) in [5, 5.41) is 2.47. The van der Waals surface area contributed by atoms with E-state index < -0.39 is 20.7 Å². The van der Waals surface area contributed by atoms with Gasteiger partial charge in [-0.15, -0.1) is 0 Å². The van der Waals surface area contributed by atoms with E-state index in [2.05, 4.69) is 5.32 Å². The average molecular weight is 352 g/mol. The minimum atomic E-state index is -3.99. The van der Waals surface area contributed by atoms with Gasteiger partial charge >= 0.3 is 6.09 Å². The molecule has 0 unspecified atom stereocenters. The molecule has 9 heteroatoms. The molecule has 0 aliphatic rings. The van der Waals surface area contributed by atoms with Crippen molar-refractivity contribution in [3.63, 3.8) is 0 Å². The quantitative estimate of drug-likeness (QED) is 0.647. The van der Waals surface area contributed by atoms with Crippen molar-refractivity contribution in [1.82, 2.24) is 0 Å². The number of benzene rings is 1. The zero-order valence-corrected chi connectivity index (χ0v) is 14.2. The highest BCUT2D eigenvalue weighted by molar-refractivity contribution is 8.13. The Labute approximate surface area is 133 Å². The van der Waals surface area contributed by atoms with Crippen LogP contribution >= 0.6 is 10.7 Å². The highest BCUT2D eigenvalue weighted by Crippen LogP contribution is 2.30. The van der Waals surface area contributed by atoms with Gasteiger partial charge in [0.2, 0.25) is 0 Å². The first kappa shape index (κ1) is 18.5. The summed E-state index contributed by atoms with van der Waals surface area (Å²) >= 11 is 0. The second-order valence-corrected chi connectivity index (χ2v) is 7.81. The van der Waals surface area contributed by atoms with Gasteiger partial charge in [-0.3, -0.25) is 5.32 Å². The van der Waals surface area contributed by atoms with Gasteiger partial charge in [-0.05, 0) is 32.9 Å². The van der Waals surface area contributed by atoms with E-state index in [1.807, 2.05) is 0 Å². The van der Waals surface area contributed by atoms with Crippen LogP contribution in [-0.4, -0.2) is 34.0 Å². The maximum absolute atomic E-state index is 11.7. The fourth-order valence-electron chi connectivity index (χ4n) is 1.44. The Kier molecular flexibility index (Phi) is 6.04. The molecule has 0 bridgehead atoms. The van der Waals surface area contributed by atoms with E-state index in [4.69, 9.17) is 24.9 Å². The van der Waals surface area contributed by atoms with Gasteiger partial charge in [0, 0.05) is 29.5 Å². The maximum Gasteiger partial charge on any atom is 0.412 e. The van der Waals surface area contributed by atoms with Crippen molar-refractivity contribution in [3.05, 3.63) is 18.2 Å². The van der Waals surface area contributed by atoms with E-state index in [0.717, 1.165) is 0 Å². The van der Waals surface area contributed by atoms with Gasteiger partial charge in [-0.25, -0.2) is 13.2 Å². The molecule has 124 valence electrons. The molecule has 7 nitrogen and oxygen atoms in total. The van der Waals surface area contributed by atoms with Crippen molar-refractivity contribution < 1.29 is 27.4 Å². The van der Waals surface area contributed by atoms with Gasteiger partial charge in [0.25, 0.3) is 9.05 Å². The lowest BCUT2D eigenvalue weighted by atomic mass is 10.2. The molecule has 0 aliphatic heterocycles. The number of nitrogens with one attached hydrogen (secondary N) is 1. The van der Waals surface area contributed by atoms with Crippen LogP contribution in [0.4, 0.5) is 10.5 Å². The molecule has 1 aromatic carbocycles. The molecule has 0 saturated carbocycles. The predicted molar refractivity (Wildman–Crippen MR) is 81.8 cm³/mol. The largest absolute Gasteiger partial charge is 0.466 e. The van der Waals surface area contributed by atoms with Crippen LogP contribution in [0.25, 0.3) is 0 Å². The van der Waals surface area contributed by atoms with Crippen LogP contribution in [0.15, 0.2) is 23.1 Å². The zero-order chi connectivity index (χ0) is 17.0. The first-order chi connectivity index (χ1) is 10.0. The van der Waals surface area contributed by atoms with Gasteiger partial charge in [0.1, 0.15) is 16.2 Å². The molecule has 1 amide bonds. The molecule has 0 atom stereocenters. The number of hydrogen-bond donors (Lipinski definition) is 1. The van der Waals surface area contributed by atoms with E-state index in [-0.39, 0.29) is 17.4 Å². The third kappa shape index (κ3) is 6.08. The highest BCUT2D eigenvalue weighted by atomic mass is 35.7. The number of hydrogen-bond acceptors (Lipinski definition) is 6. The fourth-order valence-corrected chi connectivity index (χ4v) is 2.42. The maximum atomic E-state index is 11.7. The number of halogens is 1. The van der Waals surface area contributed by atoms with Crippen LogP contribution < -0.4 is 10.1 Å². The smallest absolute Gasteiger partial charge is 0.412 e. The lowest BCUT2D eigenvalue weighted by molar-refractivity contribution is 0.0491. The topological polar surface area (TPSA) is 90.9 Å². The van der Waals surface area contributed by atoms with E-state index in [9.17, 15) is 13.2 Å². The third-order valence-corrected chi connectivity index (χ3v) is 3.55. The van der Waals surface area contributed by atoms with Gasteiger partial charge < -0.3 is 14.2 Å². The summed E-state index contributed by atoms with van der Waals surface area (Å²) in [5.74, 6) is -0.0367. The zero-order valence-electron chi connectivity index (χ0n) is 12.7. The number of methoxy groups -OCH3 is 1. The van der Waals surface area contributed by atoms with Crippen molar-refractivity contribution in [1.29, 1.82) is 0 Å². The SMILES string of the molecule is COCOc1cc(NC(=O)OC(C)(C)C)ccc1S(=O)(=O)Cl. The van der Waals surface area contributed by atoms with Crippen LogP contribution in [-0.2, 0) is 18.5 Å². The number of carbonyl (C=O) groups excluding carboxylic acids is 1. The van der Waals surface area contributed by atoms with E-state index in [1.54, 1.807) is 20.8 Å². The Balaban J connectivity index is 3.01. The average Bonchev–Trinajstić information content (AvgIpc) is 2.32. The number of rotatable bonds is 5. The van der Waals surface area contributed by atoms with Gasteiger partial charge in [-0.2, -0.15) is 0 Å². The molecule has 0 radical (unpaired) electrons. The van der Waals surface area contributed by atoms with Crippen molar-refractivity contribution in [2.24, 2.45) is 0 Å². The molecular weight excluding hydrogens is 334 g/mol. The van der Waals surface area contributed by atoms with Crippen molar-refractivity contribution >= 4 is 31.5 Å². The van der Waals surface area contributed by atoms with Crippen molar-refractivity contribution in [2.45, 2.75) is 31.3 Å². The molecule has 0 spiro atoms. The van der Waals surface area contributed by atoms with Gasteiger partial charge in [0.05, 0.1) is 0 Å². The molecular formula is C13H18ClNO6S. The molecule has 1 rings (SSSR count). The second-order valence-electron chi connectivity index (χ2n) is 5.28. The Morgan fingerprint density at radius 1 is 1.32 bits per heavy atom. The number of ether oxygens (including phenoxy) is 3. The summed E-state index contributed by atoms with van der Waals surface area (Å²) in [4.78, 5) is 11.5. The monoisotopic (exact) mass is 351 g/mol. The standard InChI is InChI=1S/C13H18ClNO6S/c1-13(2,3)21-12(16)15-9-5-6-11(22(14,17)18)10(7-9)20-8-19-4/h5-7H,8H2,1-4H3,(H,15,16). The minimum Gasteiger partial charge on any atom is -0.466 e. The molecule has 0 heterocycles. The van der Waals surface area contributed by atoms with Crippen molar-refractivity contribution in [2.75, 3.05) is 19.2 Å². The molecule has 0 fully saturated rings. The van der Waals surface area contributed by atoms with Crippen LogP contribution in [0.1, 0.15) is 20.8 Å². The van der Waals surface area contributed by atoms with E-state index in [1.165, 1.54) is 25.3 Å². The molecule has 22 heavy (non-hydrogen) atoms. The highest BCUT2D eigenvalue weighted by Gasteiger charge is 2.20. The van der Waals surface area contributed by atoms with Crippen LogP contribution in [0, 0.1) is 0 Å². The molecule has 0 aromatic heterocycles. The Hall–Kier alpha value is -1.51. The van der Waals surface area contributed by atoms with Gasteiger partial charge in [0.15, 0.2) is 6.79 Å². The normalized spacial score (nSPS) is 11.9. The first-order valence-corrected chi connectivity index (χ1v) is 8.54. The van der Waals surface area contributed by atoms with Crippen molar-refractivity contribution in [3.8, 4) is 5.75 Å². The fraction of sp³-hybridized carbons (Fsp3) is 0.462. The number of amides is 1. The Morgan fingerprint density at radius 3 is 2.45 bits per heavy atom. The summed E-state index contributed by atoms with van der Waals surface area (Å²) in [6.07, 6.45) is -0.674. The predicted octanol–water partition coefficient (Wildman–Crippen LogP) is 2.94. The Bertz CT molecular complexity index is 638. The summed E-state index contributed by atoms with van der Waals surface area (Å²) < 4.78 is 37.9. The van der Waals surface area contributed by atoms with Crippen LogP contribution in [0.2, 0.25) is 0 Å². The third-order valence-electron chi connectivity index (χ3n) is 2.18. The first-order valence-electron chi connectivity index (χ1n) is 6.23. The Morgan fingerprint density at radius 2 is 1.95 bits per heavy atom.